The van der Waals surface area contributed by atoms with Crippen molar-refractivity contribution in [1.82, 2.24) is 14.9 Å². The summed E-state index contributed by atoms with van der Waals surface area (Å²) >= 11 is 0. The minimum absolute atomic E-state index is 0.160. The maximum Gasteiger partial charge on any atom is 0.263 e. The zero-order chi connectivity index (χ0) is 24.0. The topological polar surface area (TPSA) is 94.1 Å². The van der Waals surface area contributed by atoms with E-state index in [-0.39, 0.29) is 16.6 Å². The van der Waals surface area contributed by atoms with E-state index in [1.165, 1.54) is 5.69 Å². The summed E-state index contributed by atoms with van der Waals surface area (Å²) in [5, 5.41) is 3.02. The molecule has 1 fully saturated rings. The zero-order valence-corrected chi connectivity index (χ0v) is 20.4. The summed E-state index contributed by atoms with van der Waals surface area (Å²) in [6.07, 6.45) is 2.35. The van der Waals surface area contributed by atoms with E-state index in [0.29, 0.717) is 18.5 Å². The molecule has 2 N–H and O–H groups in total. The molecule has 1 amide bonds. The van der Waals surface area contributed by atoms with Gasteiger partial charge in [0.25, 0.3) is 10.0 Å². The molecule has 2 aromatic carbocycles. The number of fused-ring (bicyclic) bond motifs is 1. The molecule has 0 bridgehead atoms. The average Bonchev–Trinajstić information content (AvgIpc) is 3.12. The van der Waals surface area contributed by atoms with E-state index in [2.05, 4.69) is 56.0 Å². The number of amides is 1. The number of para-hydroxylation sites is 1. The second-order valence-electron chi connectivity index (χ2n) is 8.69. The van der Waals surface area contributed by atoms with Crippen molar-refractivity contribution in [3.63, 3.8) is 0 Å². The molecule has 34 heavy (non-hydrogen) atoms. The van der Waals surface area contributed by atoms with Crippen molar-refractivity contribution in [3.8, 4) is 0 Å². The lowest BCUT2D eigenvalue weighted by molar-refractivity contribution is -0.122. The Kier molecular flexibility index (Phi) is 7.84. The molecule has 2 aliphatic heterocycles. The van der Waals surface area contributed by atoms with Crippen molar-refractivity contribution in [1.29, 1.82) is 0 Å². The molecule has 182 valence electrons. The summed E-state index contributed by atoms with van der Waals surface area (Å²) in [7, 11) is -3.63. The molecule has 4 rings (SSSR count). The summed E-state index contributed by atoms with van der Waals surface area (Å²) in [4.78, 5) is 22.5. The number of carbonyl (C=O) groups excluding carboxylic acids is 1. The first-order valence-corrected chi connectivity index (χ1v) is 13.5. The number of nitrogens with one attached hydrogen (secondary N) is 2. The lowest BCUT2D eigenvalue weighted by Crippen LogP contribution is -2.49. The number of piperazine rings is 1. The van der Waals surface area contributed by atoms with Crippen LogP contribution in [0.4, 0.5) is 5.69 Å². The van der Waals surface area contributed by atoms with Gasteiger partial charge < -0.3 is 10.2 Å². The molecule has 2 aliphatic rings. The van der Waals surface area contributed by atoms with Crippen LogP contribution < -0.4 is 14.9 Å². The normalized spacial score (nSPS) is 19.4. The molecule has 0 aliphatic carbocycles. The first kappa shape index (κ1) is 24.2. The van der Waals surface area contributed by atoms with Gasteiger partial charge in [-0.15, -0.1) is 0 Å². The van der Waals surface area contributed by atoms with E-state index < -0.39 is 16.1 Å². The van der Waals surface area contributed by atoms with Gasteiger partial charge in [0, 0.05) is 50.5 Å². The van der Waals surface area contributed by atoms with Crippen LogP contribution in [0.2, 0.25) is 0 Å². The van der Waals surface area contributed by atoms with E-state index in [9.17, 15) is 13.2 Å². The van der Waals surface area contributed by atoms with Crippen molar-refractivity contribution in [2.75, 3.05) is 44.2 Å². The summed E-state index contributed by atoms with van der Waals surface area (Å²) in [6.45, 7) is 7.20. The number of hydrogen-bond donors (Lipinski definition) is 2. The largest absolute Gasteiger partial charge is 0.369 e. The average molecular weight is 484 g/mol. The Hall–Kier alpha value is -2.91. The maximum absolute atomic E-state index is 13.0. The van der Waals surface area contributed by atoms with Gasteiger partial charge in [-0.25, -0.2) is 8.42 Å². The fraction of sp³-hybridized carbons (Fsp3) is 0.440. The van der Waals surface area contributed by atoms with E-state index >= 15 is 0 Å². The SMILES string of the molecule is CCCCC(N=C1NS(=O)(=O)c2ccccc21)C(=O)NCCN1CCN(c2ccccc2)CC1. The number of carbonyl (C=O) groups is 1. The highest BCUT2D eigenvalue weighted by Crippen LogP contribution is 2.23. The molecule has 1 saturated heterocycles. The van der Waals surface area contributed by atoms with Gasteiger partial charge >= 0.3 is 0 Å². The fourth-order valence-corrected chi connectivity index (χ4v) is 5.60. The lowest BCUT2D eigenvalue weighted by Gasteiger charge is -2.36. The number of aliphatic imine (C=N–C) groups is 1. The highest BCUT2D eigenvalue weighted by atomic mass is 32.2. The van der Waals surface area contributed by atoms with Gasteiger partial charge in [0.15, 0.2) is 0 Å². The van der Waals surface area contributed by atoms with E-state index in [0.717, 1.165) is 45.6 Å². The lowest BCUT2D eigenvalue weighted by atomic mass is 10.1. The van der Waals surface area contributed by atoms with Gasteiger partial charge in [0.05, 0.1) is 4.90 Å². The Balaban J connectivity index is 1.32. The van der Waals surface area contributed by atoms with Crippen LogP contribution in [-0.4, -0.2) is 70.4 Å². The van der Waals surface area contributed by atoms with E-state index in [1.54, 1.807) is 24.3 Å². The number of benzene rings is 2. The number of sulfonamides is 1. The van der Waals surface area contributed by atoms with Crippen LogP contribution in [0.3, 0.4) is 0 Å². The zero-order valence-electron chi connectivity index (χ0n) is 19.6. The van der Waals surface area contributed by atoms with Crippen molar-refractivity contribution < 1.29 is 13.2 Å². The molecule has 0 saturated carbocycles. The molecule has 8 nitrogen and oxygen atoms in total. The predicted molar refractivity (Wildman–Crippen MR) is 135 cm³/mol. The Labute approximate surface area is 202 Å². The third-order valence-electron chi connectivity index (χ3n) is 6.30. The van der Waals surface area contributed by atoms with E-state index in [4.69, 9.17) is 0 Å². The second kappa shape index (κ2) is 11.0. The number of nitrogens with zero attached hydrogens (tertiary/aromatic N) is 3. The molecule has 1 unspecified atom stereocenters. The number of hydrogen-bond acceptors (Lipinski definition) is 6. The standard InChI is InChI=1S/C25H33N5O3S/c1-2-3-12-22(27-24-21-11-7-8-13-23(21)34(32,33)28-24)25(31)26-14-15-29-16-18-30(19-17-29)20-9-5-4-6-10-20/h4-11,13,22H,2-3,12,14-19H2,1H3,(H,26,31)(H,27,28). The molecule has 0 radical (unpaired) electrons. The summed E-state index contributed by atoms with van der Waals surface area (Å²) in [6, 6.07) is 16.5. The van der Waals surface area contributed by atoms with Crippen LogP contribution in [0.5, 0.6) is 0 Å². The number of unbranched alkanes of at least 4 members (excludes halogenated alkanes) is 1. The quantitative estimate of drug-likeness (QED) is 0.571. The fourth-order valence-electron chi connectivity index (χ4n) is 4.36. The highest BCUT2D eigenvalue weighted by molar-refractivity contribution is 7.90. The van der Waals surface area contributed by atoms with E-state index in [1.807, 2.05) is 6.07 Å². The Morgan fingerprint density at radius 1 is 1.06 bits per heavy atom. The van der Waals surface area contributed by atoms with Crippen LogP contribution in [0.15, 0.2) is 64.5 Å². The van der Waals surface area contributed by atoms with Crippen molar-refractivity contribution in [3.05, 3.63) is 60.2 Å². The van der Waals surface area contributed by atoms with Crippen molar-refractivity contribution in [2.45, 2.75) is 37.1 Å². The number of rotatable bonds is 9. The molecule has 2 heterocycles. The Morgan fingerprint density at radius 2 is 1.76 bits per heavy atom. The van der Waals surface area contributed by atoms with Crippen molar-refractivity contribution >= 4 is 27.5 Å². The van der Waals surface area contributed by atoms with Crippen LogP contribution in [0.1, 0.15) is 31.7 Å². The maximum atomic E-state index is 13.0. The molecule has 1 atom stereocenters. The van der Waals surface area contributed by atoms with Crippen LogP contribution >= 0.6 is 0 Å². The van der Waals surface area contributed by atoms with Crippen LogP contribution in [0.25, 0.3) is 0 Å². The first-order valence-electron chi connectivity index (χ1n) is 12.0. The molecule has 9 heteroatoms. The van der Waals surface area contributed by atoms with Gasteiger partial charge in [0.1, 0.15) is 11.9 Å². The van der Waals surface area contributed by atoms with Gasteiger partial charge in [0.2, 0.25) is 5.91 Å². The third kappa shape index (κ3) is 5.77. The van der Waals surface area contributed by atoms with Crippen LogP contribution in [0, 0.1) is 0 Å². The van der Waals surface area contributed by atoms with Gasteiger partial charge in [-0.1, -0.05) is 50.1 Å². The minimum atomic E-state index is -3.63. The minimum Gasteiger partial charge on any atom is -0.369 e. The molecule has 0 aromatic heterocycles. The third-order valence-corrected chi connectivity index (χ3v) is 7.70. The van der Waals surface area contributed by atoms with Gasteiger partial charge in [-0.3, -0.25) is 19.4 Å². The monoisotopic (exact) mass is 483 g/mol. The first-order chi connectivity index (χ1) is 16.5. The second-order valence-corrected chi connectivity index (χ2v) is 10.3. The smallest absolute Gasteiger partial charge is 0.263 e. The molecular formula is C25H33N5O3S. The summed E-state index contributed by atoms with van der Waals surface area (Å²) in [5.41, 5.74) is 1.77. The predicted octanol–water partition coefficient (Wildman–Crippen LogP) is 2.22. The van der Waals surface area contributed by atoms with Gasteiger partial charge in [-0.05, 0) is 30.7 Å². The summed E-state index contributed by atoms with van der Waals surface area (Å²) < 4.78 is 27.3. The highest BCUT2D eigenvalue weighted by Gasteiger charge is 2.31. The Bertz CT molecular complexity index is 1110. The summed E-state index contributed by atoms with van der Waals surface area (Å²) in [5.74, 6) is 0.0938. The Morgan fingerprint density at radius 3 is 2.50 bits per heavy atom. The van der Waals surface area contributed by atoms with Gasteiger partial charge in [-0.2, -0.15) is 0 Å². The van der Waals surface area contributed by atoms with Crippen molar-refractivity contribution in [2.24, 2.45) is 4.99 Å². The molecular weight excluding hydrogens is 450 g/mol. The van der Waals surface area contributed by atoms with Crippen LogP contribution in [-0.2, 0) is 14.8 Å². The molecule has 2 aromatic rings. The number of amidine groups is 1. The molecule has 0 spiro atoms. The number of anilines is 1.